The van der Waals surface area contributed by atoms with Crippen LogP contribution in [0.25, 0.3) is 0 Å². The Morgan fingerprint density at radius 3 is 2.63 bits per heavy atom. The molecule has 1 atom stereocenters. The fourth-order valence-corrected chi connectivity index (χ4v) is 4.65. The van der Waals surface area contributed by atoms with E-state index in [2.05, 4.69) is 26.6 Å². The second-order valence-corrected chi connectivity index (χ2v) is 8.61. The van der Waals surface area contributed by atoms with Gasteiger partial charge in [-0.2, -0.15) is 0 Å². The summed E-state index contributed by atoms with van der Waals surface area (Å²) in [5.74, 6) is -1.36. The normalized spacial score (nSPS) is 17.7. The molecule has 2 N–H and O–H groups in total. The van der Waals surface area contributed by atoms with Crippen LogP contribution in [0.2, 0.25) is 0 Å². The maximum atomic E-state index is 13.5. The summed E-state index contributed by atoms with van der Waals surface area (Å²) in [5.41, 5.74) is 2.99. The van der Waals surface area contributed by atoms with Crippen LogP contribution in [0.3, 0.4) is 0 Å². The Balaban J connectivity index is 1.70. The Hall–Kier alpha value is -3.11. The minimum absolute atomic E-state index is 0.0338. The number of aliphatic carboxylic acids is 1. The van der Waals surface area contributed by atoms with Crippen molar-refractivity contribution < 1.29 is 37.6 Å². The highest BCUT2D eigenvalue weighted by Crippen LogP contribution is 2.43. The lowest BCUT2D eigenvalue weighted by atomic mass is 9.94. The first-order chi connectivity index (χ1) is 16.8. The van der Waals surface area contributed by atoms with Gasteiger partial charge in [0.1, 0.15) is 0 Å². The summed E-state index contributed by atoms with van der Waals surface area (Å²) in [6, 6.07) is 10.6. The third-order valence-electron chi connectivity index (χ3n) is 6.24. The molecule has 1 saturated heterocycles. The monoisotopic (exact) mass is 492 g/mol. The van der Waals surface area contributed by atoms with Crippen molar-refractivity contribution in [2.24, 2.45) is 0 Å². The second kappa shape index (κ2) is 10.7. The smallest absolute Gasteiger partial charge is 0.481 e. The van der Waals surface area contributed by atoms with E-state index in [4.69, 9.17) is 9.47 Å². The Labute approximate surface area is 202 Å². The molecule has 190 valence electrons. The number of methoxy groups -OCH3 is 1. The molecule has 0 radical (unpaired) electrons. The first kappa shape index (κ1) is 25.0. The summed E-state index contributed by atoms with van der Waals surface area (Å²) in [5, 5.41) is 12.7. The minimum Gasteiger partial charge on any atom is -0.481 e. The standard InChI is InChI=1S/C25H30F2N2O6/c1-3-29(19-8-10-33-11-9-19)21-6-4-16(17(15-32-2)13-24(30)31)12-20(21)28-18-5-7-22-23(14-18)35-25(26,27)34-22/h4-7,12,14,17,19,28H,3,8-11,13,15H2,1-2H3,(H,30,31)/t17-/m0/s1. The molecule has 0 saturated carbocycles. The topological polar surface area (TPSA) is 89.5 Å². The number of halogens is 2. The van der Waals surface area contributed by atoms with Gasteiger partial charge in [-0.3, -0.25) is 4.79 Å². The minimum atomic E-state index is -3.70. The molecule has 1 fully saturated rings. The summed E-state index contributed by atoms with van der Waals surface area (Å²) >= 11 is 0. The number of ether oxygens (including phenoxy) is 4. The van der Waals surface area contributed by atoms with Crippen LogP contribution in [0.15, 0.2) is 36.4 Å². The molecule has 0 spiro atoms. The van der Waals surface area contributed by atoms with E-state index in [1.807, 2.05) is 18.2 Å². The first-order valence-electron chi connectivity index (χ1n) is 11.7. The number of hydrogen-bond donors (Lipinski definition) is 2. The van der Waals surface area contributed by atoms with Gasteiger partial charge in [-0.15, -0.1) is 8.78 Å². The van der Waals surface area contributed by atoms with Gasteiger partial charge in [-0.1, -0.05) is 6.07 Å². The van der Waals surface area contributed by atoms with Crippen molar-refractivity contribution in [1.82, 2.24) is 0 Å². The van der Waals surface area contributed by atoms with Gasteiger partial charge in [0.2, 0.25) is 0 Å². The number of fused-ring (bicyclic) bond motifs is 1. The molecule has 2 aliphatic heterocycles. The third kappa shape index (κ3) is 5.94. The molecule has 2 aliphatic rings. The summed E-state index contributed by atoms with van der Waals surface area (Å²) in [6.45, 7) is 4.46. The van der Waals surface area contributed by atoms with Crippen molar-refractivity contribution in [2.75, 3.05) is 43.7 Å². The zero-order chi connectivity index (χ0) is 25.0. The molecule has 0 unspecified atom stereocenters. The van der Waals surface area contributed by atoms with Crippen molar-refractivity contribution in [3.8, 4) is 11.5 Å². The quantitative estimate of drug-likeness (QED) is 0.481. The molecule has 0 amide bonds. The SMILES string of the molecule is CCN(c1ccc([C@H](COC)CC(=O)O)cc1Nc1ccc2c(c1)OC(F)(F)O2)C1CCOCC1. The highest BCUT2D eigenvalue weighted by atomic mass is 19.3. The van der Waals surface area contributed by atoms with Crippen LogP contribution in [-0.2, 0) is 14.3 Å². The van der Waals surface area contributed by atoms with Crippen LogP contribution in [0.5, 0.6) is 11.5 Å². The predicted octanol–water partition coefficient (Wildman–Crippen LogP) is 4.96. The Morgan fingerprint density at radius 2 is 1.94 bits per heavy atom. The van der Waals surface area contributed by atoms with Crippen LogP contribution < -0.4 is 19.7 Å². The number of anilines is 3. The van der Waals surface area contributed by atoms with Gasteiger partial charge >= 0.3 is 12.3 Å². The van der Waals surface area contributed by atoms with Crippen molar-refractivity contribution in [3.05, 3.63) is 42.0 Å². The van der Waals surface area contributed by atoms with E-state index in [0.717, 1.165) is 36.3 Å². The number of alkyl halides is 2. The van der Waals surface area contributed by atoms with Crippen molar-refractivity contribution in [1.29, 1.82) is 0 Å². The van der Waals surface area contributed by atoms with E-state index < -0.39 is 12.3 Å². The number of nitrogens with one attached hydrogen (secondary N) is 1. The van der Waals surface area contributed by atoms with Crippen LogP contribution >= 0.6 is 0 Å². The molecule has 2 aromatic rings. The molecular formula is C25H30F2N2O6. The molecule has 0 bridgehead atoms. The van der Waals surface area contributed by atoms with Gasteiger partial charge in [0.25, 0.3) is 0 Å². The molecule has 10 heteroatoms. The molecule has 0 aliphatic carbocycles. The van der Waals surface area contributed by atoms with E-state index in [0.29, 0.717) is 18.9 Å². The average molecular weight is 493 g/mol. The van der Waals surface area contributed by atoms with Crippen LogP contribution in [0, 0.1) is 0 Å². The largest absolute Gasteiger partial charge is 0.586 e. The predicted molar refractivity (Wildman–Crippen MR) is 126 cm³/mol. The highest BCUT2D eigenvalue weighted by molar-refractivity contribution is 5.78. The maximum Gasteiger partial charge on any atom is 0.586 e. The summed E-state index contributed by atoms with van der Waals surface area (Å²) < 4.78 is 46.9. The number of carboxylic acids is 1. The summed E-state index contributed by atoms with van der Waals surface area (Å²) in [4.78, 5) is 13.7. The fraction of sp³-hybridized carbons (Fsp3) is 0.480. The number of hydrogen-bond acceptors (Lipinski definition) is 7. The van der Waals surface area contributed by atoms with Gasteiger partial charge in [0.05, 0.1) is 24.4 Å². The Bertz CT molecular complexity index is 1040. The number of nitrogens with zero attached hydrogens (tertiary/aromatic N) is 1. The van der Waals surface area contributed by atoms with Gasteiger partial charge < -0.3 is 34.3 Å². The third-order valence-corrected chi connectivity index (χ3v) is 6.24. The van der Waals surface area contributed by atoms with Gasteiger partial charge in [0.15, 0.2) is 11.5 Å². The van der Waals surface area contributed by atoms with E-state index in [1.165, 1.54) is 19.2 Å². The molecule has 2 aromatic carbocycles. The lowest BCUT2D eigenvalue weighted by molar-refractivity contribution is -0.286. The molecule has 8 nitrogen and oxygen atoms in total. The van der Waals surface area contributed by atoms with Crippen molar-refractivity contribution in [3.63, 3.8) is 0 Å². The lowest BCUT2D eigenvalue weighted by Gasteiger charge is -2.37. The Morgan fingerprint density at radius 1 is 1.20 bits per heavy atom. The number of carboxylic acid groups (broad SMARTS) is 1. The molecule has 2 heterocycles. The van der Waals surface area contributed by atoms with E-state index in [9.17, 15) is 18.7 Å². The number of carbonyl (C=O) groups is 1. The van der Waals surface area contributed by atoms with Gasteiger partial charge in [-0.05, 0) is 49.6 Å². The van der Waals surface area contributed by atoms with Crippen LogP contribution in [0.4, 0.5) is 25.8 Å². The molecule has 4 rings (SSSR count). The van der Waals surface area contributed by atoms with Crippen molar-refractivity contribution in [2.45, 2.75) is 44.4 Å². The lowest BCUT2D eigenvalue weighted by Crippen LogP contribution is -2.39. The summed E-state index contributed by atoms with van der Waals surface area (Å²) in [7, 11) is 1.54. The zero-order valence-electron chi connectivity index (χ0n) is 19.8. The first-order valence-corrected chi connectivity index (χ1v) is 11.7. The zero-order valence-corrected chi connectivity index (χ0v) is 19.8. The average Bonchev–Trinajstić information content (AvgIpc) is 3.13. The second-order valence-electron chi connectivity index (χ2n) is 8.61. The van der Waals surface area contributed by atoms with Crippen molar-refractivity contribution >= 4 is 23.0 Å². The van der Waals surface area contributed by atoms with E-state index in [1.54, 1.807) is 6.07 Å². The highest BCUT2D eigenvalue weighted by Gasteiger charge is 2.43. The maximum absolute atomic E-state index is 13.5. The van der Waals surface area contributed by atoms with E-state index in [-0.39, 0.29) is 36.5 Å². The number of benzene rings is 2. The van der Waals surface area contributed by atoms with Gasteiger partial charge in [0, 0.05) is 50.6 Å². The van der Waals surface area contributed by atoms with Gasteiger partial charge in [-0.25, -0.2) is 0 Å². The Kier molecular flexibility index (Phi) is 7.61. The molecular weight excluding hydrogens is 462 g/mol. The fourth-order valence-electron chi connectivity index (χ4n) is 4.65. The van der Waals surface area contributed by atoms with E-state index >= 15 is 0 Å². The summed E-state index contributed by atoms with van der Waals surface area (Å²) in [6.07, 6.45) is -2.00. The molecule has 35 heavy (non-hydrogen) atoms. The van der Waals surface area contributed by atoms with Crippen LogP contribution in [0.1, 0.15) is 37.7 Å². The molecule has 0 aromatic heterocycles. The van der Waals surface area contributed by atoms with Crippen LogP contribution in [-0.4, -0.2) is 56.9 Å². The number of rotatable bonds is 10.